The van der Waals surface area contributed by atoms with Crippen LogP contribution in [0, 0.1) is 10.1 Å². The summed E-state index contributed by atoms with van der Waals surface area (Å²) in [6, 6.07) is 17.2. The lowest BCUT2D eigenvalue weighted by molar-refractivity contribution is -0.384. The van der Waals surface area contributed by atoms with E-state index >= 15 is 0 Å². The number of non-ortho nitro benzene ring substituents is 1. The van der Waals surface area contributed by atoms with Gasteiger partial charge in [0.05, 0.1) is 39.4 Å². The molecule has 2 amide bonds. The molecule has 44 heavy (non-hydrogen) atoms. The summed E-state index contributed by atoms with van der Waals surface area (Å²) >= 11 is 13.4. The molecule has 0 atom stereocenters. The van der Waals surface area contributed by atoms with E-state index in [9.17, 15) is 19.7 Å². The molecule has 0 aromatic heterocycles. The van der Waals surface area contributed by atoms with E-state index in [4.69, 9.17) is 23.2 Å². The van der Waals surface area contributed by atoms with Gasteiger partial charge in [0, 0.05) is 18.1 Å². The number of nitro benzene ring substituents is 1. The number of hydrogen-bond acceptors (Lipinski definition) is 6. The predicted octanol–water partition coefficient (Wildman–Crippen LogP) is 6.93. The van der Waals surface area contributed by atoms with E-state index in [-0.39, 0.29) is 17.5 Å². The van der Waals surface area contributed by atoms with Crippen molar-refractivity contribution in [1.29, 1.82) is 0 Å². The van der Waals surface area contributed by atoms with Crippen molar-refractivity contribution in [3.05, 3.63) is 97.5 Å². The van der Waals surface area contributed by atoms with Crippen molar-refractivity contribution in [1.82, 2.24) is 9.80 Å². The van der Waals surface area contributed by atoms with Crippen LogP contribution in [0.25, 0.3) is 0 Å². The topological polar surface area (TPSA) is 108 Å². The number of halogens is 2. The third-order valence-corrected chi connectivity index (χ3v) is 8.87. The number of nitrogens with one attached hydrogen (secondary N) is 2. The molecule has 2 aliphatic rings. The molecule has 2 saturated heterocycles. The number of amides is 2. The Kier molecular flexibility index (Phi) is 10.9. The monoisotopic (exact) mass is 637 g/mol. The molecule has 0 radical (unpaired) electrons. The van der Waals surface area contributed by atoms with Crippen molar-refractivity contribution in [2.45, 2.75) is 44.4 Å². The molecule has 2 aliphatic heterocycles. The summed E-state index contributed by atoms with van der Waals surface area (Å²) in [5.41, 5.74) is 3.17. The number of likely N-dealkylation sites (tertiary alicyclic amines) is 2. The Morgan fingerprint density at radius 3 is 1.59 bits per heavy atom. The van der Waals surface area contributed by atoms with Crippen LogP contribution in [0.5, 0.6) is 0 Å². The maximum absolute atomic E-state index is 12.7. The summed E-state index contributed by atoms with van der Waals surface area (Å²) in [5.74, 6) is -0.705. The molecule has 0 bridgehead atoms. The van der Waals surface area contributed by atoms with E-state index < -0.39 is 10.8 Å². The van der Waals surface area contributed by atoms with Gasteiger partial charge in [0.25, 0.3) is 5.69 Å². The molecule has 2 heterocycles. The van der Waals surface area contributed by atoms with E-state index in [2.05, 4.69) is 20.4 Å². The first-order chi connectivity index (χ1) is 21.3. The van der Waals surface area contributed by atoms with E-state index in [0.29, 0.717) is 40.1 Å². The van der Waals surface area contributed by atoms with Gasteiger partial charge in [-0.1, -0.05) is 60.3 Å². The van der Waals surface area contributed by atoms with Gasteiger partial charge in [-0.2, -0.15) is 0 Å². The van der Waals surface area contributed by atoms with Crippen LogP contribution >= 0.6 is 23.2 Å². The fraction of sp³-hybridized carbons (Fsp3) is 0.394. The third-order valence-electron chi connectivity index (χ3n) is 8.25. The highest BCUT2D eigenvalue weighted by molar-refractivity contribution is 6.34. The highest BCUT2D eigenvalue weighted by atomic mass is 35.5. The molecule has 9 nitrogen and oxygen atoms in total. The van der Waals surface area contributed by atoms with Gasteiger partial charge >= 0.3 is 0 Å². The second-order valence-corrected chi connectivity index (χ2v) is 12.3. The quantitative estimate of drug-likeness (QED) is 0.142. The minimum atomic E-state index is -0.457. The zero-order valence-electron chi connectivity index (χ0n) is 24.6. The zero-order valence-corrected chi connectivity index (χ0v) is 26.1. The Morgan fingerprint density at radius 2 is 1.16 bits per heavy atom. The number of benzene rings is 3. The fourth-order valence-electron chi connectivity index (χ4n) is 6.04. The van der Waals surface area contributed by atoms with Crippen molar-refractivity contribution in [2.24, 2.45) is 0 Å². The predicted molar refractivity (Wildman–Crippen MR) is 175 cm³/mol. The fourth-order valence-corrected chi connectivity index (χ4v) is 6.51. The Balaban J connectivity index is 1.39. The first kappa shape index (κ1) is 31.9. The lowest BCUT2D eigenvalue weighted by Crippen LogP contribution is -2.36. The maximum atomic E-state index is 12.7. The minimum Gasteiger partial charge on any atom is -0.324 e. The molecule has 0 aliphatic carbocycles. The zero-order chi connectivity index (χ0) is 31.1. The molecule has 3 aromatic rings. The van der Waals surface area contributed by atoms with Crippen LogP contribution in [-0.4, -0.2) is 65.8 Å². The summed E-state index contributed by atoms with van der Waals surface area (Å²) in [4.78, 5) is 40.9. The SMILES string of the molecule is O=C(CN1CCCCC1)Nc1ccc(C(c2cccc([N+](=O)[O-])c2)c2ccc(NC(=O)CN3CCCCC3)c(Cl)c2)cc1Cl. The summed E-state index contributed by atoms with van der Waals surface area (Å²) < 4.78 is 0. The van der Waals surface area contributed by atoms with E-state index in [1.54, 1.807) is 30.3 Å². The number of nitrogens with zero attached hydrogens (tertiary/aromatic N) is 3. The average molecular weight is 639 g/mol. The second kappa shape index (κ2) is 15.0. The number of hydrogen-bond donors (Lipinski definition) is 2. The lowest BCUT2D eigenvalue weighted by Gasteiger charge is -2.26. The Hall–Kier alpha value is -3.50. The Bertz CT molecular complexity index is 1420. The maximum Gasteiger partial charge on any atom is 0.269 e. The lowest BCUT2D eigenvalue weighted by atomic mass is 9.84. The largest absolute Gasteiger partial charge is 0.324 e. The third kappa shape index (κ3) is 8.35. The Labute approximate surface area is 267 Å². The van der Waals surface area contributed by atoms with Crippen molar-refractivity contribution >= 4 is 52.1 Å². The van der Waals surface area contributed by atoms with Crippen molar-refractivity contribution in [3.8, 4) is 0 Å². The molecule has 232 valence electrons. The molecule has 0 saturated carbocycles. The number of nitro groups is 1. The van der Waals surface area contributed by atoms with Gasteiger partial charge in [0.2, 0.25) is 11.8 Å². The van der Waals surface area contributed by atoms with Crippen molar-refractivity contribution in [3.63, 3.8) is 0 Å². The summed E-state index contributed by atoms with van der Waals surface area (Å²) in [7, 11) is 0. The summed E-state index contributed by atoms with van der Waals surface area (Å²) in [6.45, 7) is 4.27. The number of carbonyl (C=O) groups excluding carboxylic acids is 2. The molecular formula is C33H37Cl2N5O4. The average Bonchev–Trinajstić information content (AvgIpc) is 3.01. The van der Waals surface area contributed by atoms with E-state index in [1.165, 1.54) is 25.0 Å². The number of rotatable bonds is 10. The van der Waals surface area contributed by atoms with Crippen LogP contribution < -0.4 is 10.6 Å². The van der Waals surface area contributed by atoms with E-state index in [1.807, 2.05) is 18.2 Å². The molecule has 11 heteroatoms. The highest BCUT2D eigenvalue weighted by Gasteiger charge is 2.23. The summed E-state index contributed by atoms with van der Waals surface area (Å²) in [5, 5.41) is 18.2. The molecule has 0 spiro atoms. The van der Waals surface area contributed by atoms with Crippen LogP contribution in [-0.2, 0) is 9.59 Å². The van der Waals surface area contributed by atoms with Crippen LogP contribution in [0.4, 0.5) is 17.1 Å². The van der Waals surface area contributed by atoms with Gasteiger partial charge in [0.1, 0.15) is 0 Å². The first-order valence-corrected chi connectivity index (χ1v) is 15.9. The van der Waals surface area contributed by atoms with Gasteiger partial charge in [-0.3, -0.25) is 29.5 Å². The molecule has 3 aromatic carbocycles. The van der Waals surface area contributed by atoms with Crippen LogP contribution in [0.3, 0.4) is 0 Å². The minimum absolute atomic E-state index is 0.0344. The van der Waals surface area contributed by atoms with E-state index in [0.717, 1.165) is 63.0 Å². The number of carbonyl (C=O) groups is 2. The van der Waals surface area contributed by atoms with Gasteiger partial charge in [-0.05, 0) is 92.8 Å². The molecule has 5 rings (SSSR count). The van der Waals surface area contributed by atoms with Gasteiger partial charge in [0.15, 0.2) is 0 Å². The van der Waals surface area contributed by atoms with Gasteiger partial charge < -0.3 is 10.6 Å². The Morgan fingerprint density at radius 1 is 0.705 bits per heavy atom. The standard InChI is InChI=1S/C33H37Cl2N5O4/c34-27-19-24(10-12-29(27)36-31(41)21-38-14-3-1-4-15-38)33(23-8-7-9-26(18-23)40(43)44)25-11-13-30(28(35)20-25)37-32(42)22-39-16-5-2-6-17-39/h7-13,18-20,33H,1-6,14-17,21-22H2,(H,36,41)(H,37,42). The summed E-state index contributed by atoms with van der Waals surface area (Å²) in [6.07, 6.45) is 6.77. The number of piperidine rings is 2. The molecular weight excluding hydrogens is 601 g/mol. The second-order valence-electron chi connectivity index (χ2n) is 11.5. The normalized spacial score (nSPS) is 16.1. The van der Waals surface area contributed by atoms with Crippen LogP contribution in [0.1, 0.15) is 61.1 Å². The van der Waals surface area contributed by atoms with Gasteiger partial charge in [-0.25, -0.2) is 0 Å². The van der Waals surface area contributed by atoms with Crippen molar-refractivity contribution in [2.75, 3.05) is 49.9 Å². The molecule has 2 fully saturated rings. The van der Waals surface area contributed by atoms with Crippen LogP contribution in [0.2, 0.25) is 10.0 Å². The number of anilines is 2. The first-order valence-electron chi connectivity index (χ1n) is 15.1. The highest BCUT2D eigenvalue weighted by Crippen LogP contribution is 2.38. The molecule has 0 unspecified atom stereocenters. The smallest absolute Gasteiger partial charge is 0.269 e. The van der Waals surface area contributed by atoms with Crippen molar-refractivity contribution < 1.29 is 14.5 Å². The van der Waals surface area contributed by atoms with Gasteiger partial charge in [-0.15, -0.1) is 0 Å². The molecule has 2 N–H and O–H groups in total. The van der Waals surface area contributed by atoms with Crippen LogP contribution in [0.15, 0.2) is 60.7 Å².